The van der Waals surface area contributed by atoms with E-state index in [2.05, 4.69) is 37.0 Å². The molecular weight excluding hydrogens is 466 g/mol. The average molecular weight is 479 g/mol. The Morgan fingerprint density at radius 2 is 1.88 bits per heavy atom. The van der Waals surface area contributed by atoms with Gasteiger partial charge >= 0.3 is 0 Å². The third-order valence-corrected chi connectivity index (χ3v) is 6.83. The van der Waals surface area contributed by atoms with Crippen LogP contribution in [0.1, 0.15) is 16.1 Å². The Labute approximate surface area is 155 Å². The molecule has 0 unspecified atom stereocenters. The number of benzene rings is 1. The van der Waals surface area contributed by atoms with Gasteiger partial charge in [0.05, 0.1) is 20.4 Å². The van der Waals surface area contributed by atoms with Gasteiger partial charge in [0.2, 0.25) is 0 Å². The number of anilines is 1. The van der Waals surface area contributed by atoms with Crippen LogP contribution < -0.4 is 4.90 Å². The summed E-state index contributed by atoms with van der Waals surface area (Å²) in [5.41, 5.74) is 0.689. The molecule has 1 aliphatic rings. The van der Waals surface area contributed by atoms with E-state index in [-0.39, 0.29) is 34.7 Å². The van der Waals surface area contributed by atoms with Gasteiger partial charge in [0.25, 0.3) is 5.91 Å². The zero-order valence-corrected chi connectivity index (χ0v) is 16.7. The van der Waals surface area contributed by atoms with Crippen LogP contribution in [-0.2, 0) is 16.9 Å². The molecule has 1 aromatic heterocycles. The van der Waals surface area contributed by atoms with Gasteiger partial charge in [-0.05, 0) is 50.9 Å². The lowest BCUT2D eigenvalue weighted by Crippen LogP contribution is -2.40. The van der Waals surface area contributed by atoms with Crippen LogP contribution in [0.2, 0.25) is 0 Å². The van der Waals surface area contributed by atoms with E-state index in [1.807, 2.05) is 0 Å². The van der Waals surface area contributed by atoms with Gasteiger partial charge in [-0.1, -0.05) is 0 Å². The number of aryl methyl sites for hydroxylation is 2. The van der Waals surface area contributed by atoms with Crippen molar-refractivity contribution in [2.24, 2.45) is 7.05 Å². The van der Waals surface area contributed by atoms with E-state index in [1.165, 1.54) is 21.7 Å². The second kappa shape index (κ2) is 5.85. The lowest BCUT2D eigenvalue weighted by molar-refractivity contribution is 0.0985. The second-order valence-electron chi connectivity index (χ2n) is 5.43. The van der Waals surface area contributed by atoms with Gasteiger partial charge in [0, 0.05) is 19.2 Å². The van der Waals surface area contributed by atoms with Crippen LogP contribution in [-0.4, -0.2) is 41.5 Å². The van der Waals surface area contributed by atoms with E-state index in [0.29, 0.717) is 20.2 Å². The minimum atomic E-state index is -3.46. The number of carbonyl (C=O) groups is 1. The Bertz CT molecular complexity index is 946. The number of sulfone groups is 1. The molecule has 1 N–H and O–H groups in total. The first kappa shape index (κ1) is 17.4. The van der Waals surface area contributed by atoms with Crippen molar-refractivity contribution < 1.29 is 18.3 Å². The molecule has 128 valence electrons. The highest BCUT2D eigenvalue weighted by Gasteiger charge is 2.37. The van der Waals surface area contributed by atoms with Crippen molar-refractivity contribution >= 4 is 53.4 Å². The summed E-state index contributed by atoms with van der Waals surface area (Å²) in [5, 5.41) is 13.9. The monoisotopic (exact) mass is 477 g/mol. The molecule has 1 aliphatic heterocycles. The van der Waals surface area contributed by atoms with Crippen LogP contribution >= 0.6 is 31.9 Å². The number of phenolic OH excluding ortho intramolecular Hbond substituents is 1. The summed E-state index contributed by atoms with van der Waals surface area (Å²) < 4.78 is 26.8. The first-order valence-corrected chi connectivity index (χ1v) is 10.1. The van der Waals surface area contributed by atoms with Crippen molar-refractivity contribution in [1.29, 1.82) is 0 Å². The van der Waals surface area contributed by atoms with Crippen molar-refractivity contribution in [2.45, 2.75) is 11.8 Å². The molecule has 0 aliphatic carbocycles. The molecule has 0 spiro atoms. The fourth-order valence-electron chi connectivity index (χ4n) is 2.75. The second-order valence-corrected chi connectivity index (χ2v) is 9.18. The Morgan fingerprint density at radius 1 is 1.29 bits per heavy atom. The maximum atomic E-state index is 12.9. The number of hydrogen-bond acceptors (Lipinski definition) is 5. The number of hydrogen-bond donors (Lipinski definition) is 1. The highest BCUT2D eigenvalue weighted by molar-refractivity contribution is 9.11. The van der Waals surface area contributed by atoms with Crippen LogP contribution in [0.25, 0.3) is 0 Å². The van der Waals surface area contributed by atoms with Gasteiger partial charge in [0.15, 0.2) is 15.7 Å². The van der Waals surface area contributed by atoms with Gasteiger partial charge in [-0.2, -0.15) is 5.10 Å². The van der Waals surface area contributed by atoms with Crippen LogP contribution in [0.4, 0.5) is 5.82 Å². The van der Waals surface area contributed by atoms with Crippen LogP contribution in [0.5, 0.6) is 5.75 Å². The topological polar surface area (TPSA) is 92.5 Å². The van der Waals surface area contributed by atoms with Crippen LogP contribution in [0, 0.1) is 6.92 Å². The van der Waals surface area contributed by atoms with Gasteiger partial charge in [-0.25, -0.2) is 8.42 Å². The predicted octanol–water partition coefficient (Wildman–Crippen LogP) is 2.39. The molecule has 0 bridgehead atoms. The van der Waals surface area contributed by atoms with Crippen molar-refractivity contribution in [3.63, 3.8) is 0 Å². The quantitative estimate of drug-likeness (QED) is 0.679. The van der Waals surface area contributed by atoms with E-state index in [0.717, 1.165) is 0 Å². The zero-order chi connectivity index (χ0) is 17.8. The molecule has 1 amide bonds. The molecule has 3 rings (SSSR count). The number of aromatic nitrogens is 2. The Balaban J connectivity index is 2.13. The molecule has 2 aromatic rings. The van der Waals surface area contributed by atoms with E-state index in [4.69, 9.17) is 0 Å². The number of nitrogens with zero attached hydrogens (tertiary/aromatic N) is 3. The van der Waals surface area contributed by atoms with E-state index in [9.17, 15) is 18.3 Å². The van der Waals surface area contributed by atoms with E-state index >= 15 is 0 Å². The smallest absolute Gasteiger partial charge is 0.259 e. The number of amides is 1. The molecular formula is C14H13Br2N3O4S. The van der Waals surface area contributed by atoms with Crippen molar-refractivity contribution in [3.05, 3.63) is 32.3 Å². The lowest BCUT2D eigenvalue weighted by Gasteiger charge is -2.28. The van der Waals surface area contributed by atoms with Gasteiger partial charge in [-0.15, -0.1) is 0 Å². The maximum Gasteiger partial charge on any atom is 0.259 e. The number of phenols is 1. The number of halogens is 2. The molecule has 0 atom stereocenters. The Morgan fingerprint density at radius 3 is 2.46 bits per heavy atom. The maximum absolute atomic E-state index is 12.9. The zero-order valence-electron chi connectivity index (χ0n) is 12.7. The first-order valence-electron chi connectivity index (χ1n) is 6.89. The molecule has 2 heterocycles. The molecule has 0 radical (unpaired) electrons. The Hall–Kier alpha value is -1.39. The highest BCUT2D eigenvalue weighted by atomic mass is 79.9. The normalized spacial score (nSPS) is 16.1. The summed E-state index contributed by atoms with van der Waals surface area (Å²) in [6.45, 7) is 1.65. The largest absolute Gasteiger partial charge is 0.506 e. The molecule has 10 heteroatoms. The highest BCUT2D eigenvalue weighted by Crippen LogP contribution is 2.36. The fourth-order valence-corrected chi connectivity index (χ4v) is 5.57. The standard InChI is InChI=1S/C14H13Br2N3O4S/c1-7-12-13(18(2)17-7)19(3-4-24(12,22)23)14(21)8-5-9(15)11(20)10(16)6-8/h5-6,20H,3-4H2,1-2H3. The summed E-state index contributed by atoms with van der Waals surface area (Å²) >= 11 is 6.39. The third kappa shape index (κ3) is 2.66. The average Bonchev–Trinajstić information content (AvgIpc) is 2.80. The minimum Gasteiger partial charge on any atom is -0.506 e. The third-order valence-electron chi connectivity index (χ3n) is 3.80. The molecule has 0 saturated heterocycles. The predicted molar refractivity (Wildman–Crippen MR) is 95.2 cm³/mol. The summed E-state index contributed by atoms with van der Waals surface area (Å²) in [6, 6.07) is 2.99. The number of rotatable bonds is 1. The van der Waals surface area contributed by atoms with Crippen molar-refractivity contribution in [3.8, 4) is 5.75 Å². The number of carbonyl (C=O) groups excluding carboxylic acids is 1. The first-order chi connectivity index (χ1) is 11.1. The Kier molecular flexibility index (Phi) is 4.25. The van der Waals surface area contributed by atoms with E-state index < -0.39 is 9.84 Å². The molecule has 24 heavy (non-hydrogen) atoms. The summed E-state index contributed by atoms with van der Waals surface area (Å²) in [4.78, 5) is 14.4. The minimum absolute atomic E-state index is 0.00941. The number of fused-ring (bicyclic) bond motifs is 1. The van der Waals surface area contributed by atoms with Gasteiger partial charge in [-0.3, -0.25) is 14.4 Å². The molecule has 7 nitrogen and oxygen atoms in total. The number of aromatic hydroxyl groups is 1. The fraction of sp³-hybridized carbons (Fsp3) is 0.286. The van der Waals surface area contributed by atoms with Gasteiger partial charge in [0.1, 0.15) is 10.6 Å². The van der Waals surface area contributed by atoms with E-state index in [1.54, 1.807) is 14.0 Å². The molecule has 0 fully saturated rings. The van der Waals surface area contributed by atoms with Crippen molar-refractivity contribution in [2.75, 3.05) is 17.2 Å². The van der Waals surface area contributed by atoms with Crippen molar-refractivity contribution in [1.82, 2.24) is 9.78 Å². The summed E-state index contributed by atoms with van der Waals surface area (Å²) in [7, 11) is -1.85. The van der Waals surface area contributed by atoms with Crippen LogP contribution in [0.3, 0.4) is 0 Å². The van der Waals surface area contributed by atoms with Crippen LogP contribution in [0.15, 0.2) is 26.0 Å². The van der Waals surface area contributed by atoms with Gasteiger partial charge < -0.3 is 5.11 Å². The SMILES string of the molecule is Cc1nn(C)c2c1S(=O)(=O)CCN2C(=O)c1cc(Br)c(O)c(Br)c1. The molecule has 0 saturated carbocycles. The summed E-state index contributed by atoms with van der Waals surface area (Å²) in [6.07, 6.45) is 0. The lowest BCUT2D eigenvalue weighted by atomic mass is 10.2. The summed E-state index contributed by atoms with van der Waals surface area (Å²) in [5.74, 6) is -0.261. The molecule has 1 aromatic carbocycles.